The molecule has 0 heterocycles. The average Bonchev–Trinajstić information content (AvgIpc) is 2.27. The second-order valence-electron chi connectivity index (χ2n) is 2.92. The molecular weight excluding hydrogens is 214 g/mol. The van der Waals surface area contributed by atoms with E-state index in [1.807, 2.05) is 5.32 Å². The molecule has 0 saturated carbocycles. The van der Waals surface area contributed by atoms with Crippen LogP contribution in [0.2, 0.25) is 0 Å². The van der Waals surface area contributed by atoms with Gasteiger partial charge in [0.1, 0.15) is 5.75 Å². The molecular formula is C10H11NO5. The summed E-state index contributed by atoms with van der Waals surface area (Å²) in [5, 5.41) is 19.2. The molecule has 0 bridgehead atoms. The minimum atomic E-state index is -1.36. The van der Waals surface area contributed by atoms with Gasteiger partial charge in [-0.25, -0.2) is 9.59 Å². The second kappa shape index (κ2) is 5.72. The number of hydrogen-bond donors (Lipinski definition) is 3. The third-order valence-electron chi connectivity index (χ3n) is 1.73. The van der Waals surface area contributed by atoms with Gasteiger partial charge < -0.3 is 20.3 Å². The summed E-state index contributed by atoms with van der Waals surface area (Å²) in [5.41, 5.74) is 0. The lowest BCUT2D eigenvalue weighted by molar-refractivity contribution is -0.140. The zero-order chi connectivity index (χ0) is 12.0. The first-order valence-electron chi connectivity index (χ1n) is 4.50. The van der Waals surface area contributed by atoms with Gasteiger partial charge in [-0.1, -0.05) is 18.2 Å². The summed E-state index contributed by atoms with van der Waals surface area (Å²) < 4.78 is 4.77. The van der Waals surface area contributed by atoms with Crippen LogP contribution in [0.1, 0.15) is 0 Å². The summed E-state index contributed by atoms with van der Waals surface area (Å²) in [6.45, 7) is -0.695. The van der Waals surface area contributed by atoms with Crippen LogP contribution in [-0.4, -0.2) is 34.9 Å². The first-order valence-corrected chi connectivity index (χ1v) is 4.50. The van der Waals surface area contributed by atoms with E-state index in [1.54, 1.807) is 30.3 Å². The van der Waals surface area contributed by atoms with Gasteiger partial charge in [0.05, 0.1) is 6.61 Å². The van der Waals surface area contributed by atoms with E-state index in [-0.39, 0.29) is 0 Å². The van der Waals surface area contributed by atoms with Crippen LogP contribution in [0.15, 0.2) is 30.3 Å². The molecule has 6 nitrogen and oxygen atoms in total. The molecule has 0 aliphatic carbocycles. The number of nitrogens with one attached hydrogen (secondary N) is 1. The van der Waals surface area contributed by atoms with Crippen LogP contribution in [-0.2, 0) is 4.79 Å². The second-order valence-corrected chi connectivity index (χ2v) is 2.92. The molecule has 6 heteroatoms. The summed E-state index contributed by atoms with van der Waals surface area (Å²) >= 11 is 0. The van der Waals surface area contributed by atoms with Crippen LogP contribution in [0.25, 0.3) is 0 Å². The van der Waals surface area contributed by atoms with E-state index in [1.165, 1.54) is 0 Å². The van der Waals surface area contributed by atoms with E-state index in [2.05, 4.69) is 0 Å². The number of carbonyl (C=O) groups is 2. The Balaban J connectivity index is 2.50. The number of amides is 1. The Hall–Kier alpha value is -2.08. The van der Waals surface area contributed by atoms with Gasteiger partial charge in [0.2, 0.25) is 0 Å². The molecule has 0 saturated heterocycles. The standard InChI is InChI=1S/C10H11NO5/c12-6-8(9(13)14)11-10(15)16-7-4-2-1-3-5-7/h1-5,8,12H,6H2,(H,11,15)(H,13,14)/t8-/m0/s1. The Morgan fingerprint density at radius 1 is 1.31 bits per heavy atom. The van der Waals surface area contributed by atoms with Gasteiger partial charge in [-0.2, -0.15) is 0 Å². The fraction of sp³-hybridized carbons (Fsp3) is 0.200. The zero-order valence-corrected chi connectivity index (χ0v) is 8.29. The van der Waals surface area contributed by atoms with Gasteiger partial charge in [0.25, 0.3) is 0 Å². The minimum Gasteiger partial charge on any atom is -0.480 e. The highest BCUT2D eigenvalue weighted by atomic mass is 16.6. The maximum Gasteiger partial charge on any atom is 0.413 e. The topological polar surface area (TPSA) is 95.9 Å². The first kappa shape index (κ1) is 12.0. The Morgan fingerprint density at radius 2 is 1.94 bits per heavy atom. The fourth-order valence-corrected chi connectivity index (χ4v) is 0.953. The molecule has 0 radical (unpaired) electrons. The molecule has 1 aromatic carbocycles. The van der Waals surface area contributed by atoms with Gasteiger partial charge in [-0.3, -0.25) is 0 Å². The van der Waals surface area contributed by atoms with Crippen molar-refractivity contribution in [1.82, 2.24) is 5.32 Å². The first-order chi connectivity index (χ1) is 7.63. The number of aliphatic carboxylic acids is 1. The van der Waals surface area contributed by atoms with Crippen molar-refractivity contribution >= 4 is 12.1 Å². The number of hydrogen-bond acceptors (Lipinski definition) is 4. The molecule has 0 aromatic heterocycles. The third-order valence-corrected chi connectivity index (χ3v) is 1.73. The Bertz CT molecular complexity index is 365. The van der Waals surface area contributed by atoms with E-state index in [9.17, 15) is 9.59 Å². The van der Waals surface area contributed by atoms with Crippen LogP contribution in [0.3, 0.4) is 0 Å². The van der Waals surface area contributed by atoms with Crippen molar-refractivity contribution in [2.75, 3.05) is 6.61 Å². The smallest absolute Gasteiger partial charge is 0.413 e. The SMILES string of the molecule is O=C(N[C@@H](CO)C(=O)O)Oc1ccccc1. The maximum absolute atomic E-state index is 11.2. The van der Waals surface area contributed by atoms with Gasteiger partial charge in [0, 0.05) is 0 Å². The molecule has 0 spiro atoms. The minimum absolute atomic E-state index is 0.294. The van der Waals surface area contributed by atoms with E-state index in [0.717, 1.165) is 0 Å². The molecule has 0 unspecified atom stereocenters. The van der Waals surface area contributed by atoms with Crippen molar-refractivity contribution in [3.8, 4) is 5.75 Å². The summed E-state index contributed by atoms with van der Waals surface area (Å²) in [6.07, 6.45) is -0.923. The Morgan fingerprint density at radius 3 is 2.44 bits per heavy atom. The monoisotopic (exact) mass is 225 g/mol. The number of rotatable bonds is 4. The highest BCUT2D eigenvalue weighted by Crippen LogP contribution is 2.08. The largest absolute Gasteiger partial charge is 0.480 e. The summed E-state index contributed by atoms with van der Waals surface area (Å²) in [5.74, 6) is -1.03. The molecule has 0 fully saturated rings. The van der Waals surface area contributed by atoms with E-state index in [0.29, 0.717) is 5.75 Å². The zero-order valence-electron chi connectivity index (χ0n) is 8.29. The highest BCUT2D eigenvalue weighted by Gasteiger charge is 2.19. The summed E-state index contributed by atoms with van der Waals surface area (Å²) in [7, 11) is 0. The molecule has 0 aliphatic rings. The van der Waals surface area contributed by atoms with E-state index < -0.39 is 24.7 Å². The number of aliphatic hydroxyl groups excluding tert-OH is 1. The Labute approximate surface area is 91.5 Å². The molecule has 86 valence electrons. The lowest BCUT2D eigenvalue weighted by atomic mass is 10.3. The number of carbonyl (C=O) groups excluding carboxylic acids is 1. The van der Waals surface area contributed by atoms with Gasteiger partial charge in [-0.05, 0) is 12.1 Å². The van der Waals surface area contributed by atoms with Gasteiger partial charge in [-0.15, -0.1) is 0 Å². The van der Waals surface area contributed by atoms with Gasteiger partial charge in [0.15, 0.2) is 6.04 Å². The number of benzene rings is 1. The fourth-order valence-electron chi connectivity index (χ4n) is 0.953. The summed E-state index contributed by atoms with van der Waals surface area (Å²) in [4.78, 5) is 21.7. The van der Waals surface area contributed by atoms with E-state index in [4.69, 9.17) is 14.9 Å². The lowest BCUT2D eigenvalue weighted by Crippen LogP contribution is -2.44. The molecule has 1 atom stereocenters. The molecule has 16 heavy (non-hydrogen) atoms. The van der Waals surface area contributed by atoms with Crippen molar-refractivity contribution in [2.45, 2.75) is 6.04 Å². The molecule has 1 amide bonds. The normalized spacial score (nSPS) is 11.6. The van der Waals surface area contributed by atoms with Crippen LogP contribution in [0, 0.1) is 0 Å². The number of para-hydroxylation sites is 1. The van der Waals surface area contributed by atoms with Crippen molar-refractivity contribution in [3.05, 3.63) is 30.3 Å². The molecule has 3 N–H and O–H groups in total. The van der Waals surface area contributed by atoms with Crippen LogP contribution in [0.4, 0.5) is 4.79 Å². The lowest BCUT2D eigenvalue weighted by Gasteiger charge is -2.11. The number of aliphatic hydroxyl groups is 1. The highest BCUT2D eigenvalue weighted by molar-refractivity contribution is 5.80. The van der Waals surface area contributed by atoms with Crippen molar-refractivity contribution < 1.29 is 24.5 Å². The van der Waals surface area contributed by atoms with Crippen LogP contribution < -0.4 is 10.1 Å². The molecule has 0 aliphatic heterocycles. The van der Waals surface area contributed by atoms with E-state index >= 15 is 0 Å². The van der Waals surface area contributed by atoms with Crippen molar-refractivity contribution in [2.24, 2.45) is 0 Å². The Kier molecular flexibility index (Phi) is 4.28. The van der Waals surface area contributed by atoms with Gasteiger partial charge >= 0.3 is 12.1 Å². The van der Waals surface area contributed by atoms with Crippen molar-refractivity contribution in [1.29, 1.82) is 0 Å². The number of ether oxygens (including phenoxy) is 1. The van der Waals surface area contributed by atoms with Crippen LogP contribution in [0.5, 0.6) is 5.75 Å². The number of carboxylic acids is 1. The van der Waals surface area contributed by atoms with Crippen LogP contribution >= 0.6 is 0 Å². The predicted octanol–water partition coefficient (Wildman–Crippen LogP) is 0.220. The molecule has 1 rings (SSSR count). The quantitative estimate of drug-likeness (QED) is 0.681. The number of carboxylic acid groups (broad SMARTS) is 1. The maximum atomic E-state index is 11.2. The van der Waals surface area contributed by atoms with Crippen molar-refractivity contribution in [3.63, 3.8) is 0 Å². The molecule has 1 aromatic rings. The third kappa shape index (κ3) is 3.58. The average molecular weight is 225 g/mol. The predicted molar refractivity (Wildman–Crippen MR) is 54.1 cm³/mol. The summed E-state index contributed by atoms with van der Waals surface area (Å²) in [6, 6.07) is 6.82.